The largest absolute Gasteiger partial charge is 0.381 e. The normalized spacial score (nSPS) is 10.3. The molecule has 0 atom stereocenters. The van der Waals surface area contributed by atoms with Crippen molar-refractivity contribution in [2.45, 2.75) is 6.54 Å². The number of benzene rings is 2. The van der Waals surface area contributed by atoms with Gasteiger partial charge in [-0.2, -0.15) is 0 Å². The molecule has 0 aromatic heterocycles. The molecule has 7 heteroatoms. The molecule has 20 heavy (non-hydrogen) atoms. The number of nitro groups is 1. The standard InChI is InChI=1S/C13H9Br2ClN2O2/c14-11-3-1-9(16)5-8(11)7-17-10-2-4-12(15)13(6-10)18(19)20/h1-6,17H,7H2. The Hall–Kier alpha value is -1.11. The number of hydrogen-bond acceptors (Lipinski definition) is 3. The van der Waals surface area contributed by atoms with E-state index in [9.17, 15) is 10.1 Å². The summed E-state index contributed by atoms with van der Waals surface area (Å²) in [7, 11) is 0. The molecule has 0 spiro atoms. The molecule has 2 rings (SSSR count). The fraction of sp³-hybridized carbons (Fsp3) is 0.0769. The van der Waals surface area contributed by atoms with Gasteiger partial charge >= 0.3 is 0 Å². The van der Waals surface area contributed by atoms with Crippen LogP contribution in [-0.4, -0.2) is 4.92 Å². The highest BCUT2D eigenvalue weighted by molar-refractivity contribution is 9.10. The van der Waals surface area contributed by atoms with Gasteiger partial charge < -0.3 is 5.32 Å². The van der Waals surface area contributed by atoms with Gasteiger partial charge in [-0.1, -0.05) is 27.5 Å². The number of hydrogen-bond donors (Lipinski definition) is 1. The van der Waals surface area contributed by atoms with Crippen molar-refractivity contribution in [2.75, 3.05) is 5.32 Å². The molecule has 0 radical (unpaired) electrons. The van der Waals surface area contributed by atoms with E-state index in [0.29, 0.717) is 21.7 Å². The summed E-state index contributed by atoms with van der Waals surface area (Å²) in [5.41, 5.74) is 1.68. The van der Waals surface area contributed by atoms with Crippen molar-refractivity contribution in [1.29, 1.82) is 0 Å². The first-order valence-electron chi connectivity index (χ1n) is 5.59. The van der Waals surface area contributed by atoms with E-state index in [1.54, 1.807) is 18.2 Å². The van der Waals surface area contributed by atoms with Crippen LogP contribution < -0.4 is 5.32 Å². The Balaban J connectivity index is 2.17. The summed E-state index contributed by atoms with van der Waals surface area (Å²) in [5.74, 6) is 0. The van der Waals surface area contributed by atoms with Crippen molar-refractivity contribution < 1.29 is 4.92 Å². The highest BCUT2D eigenvalue weighted by Crippen LogP contribution is 2.28. The van der Waals surface area contributed by atoms with E-state index < -0.39 is 4.92 Å². The van der Waals surface area contributed by atoms with Crippen LogP contribution in [0.2, 0.25) is 5.02 Å². The maximum atomic E-state index is 10.9. The summed E-state index contributed by atoms with van der Waals surface area (Å²) in [6.45, 7) is 0.514. The summed E-state index contributed by atoms with van der Waals surface area (Å²) >= 11 is 12.5. The first kappa shape index (κ1) is 15.3. The van der Waals surface area contributed by atoms with Gasteiger partial charge in [-0.25, -0.2) is 0 Å². The van der Waals surface area contributed by atoms with Crippen molar-refractivity contribution in [1.82, 2.24) is 0 Å². The molecule has 0 saturated carbocycles. The van der Waals surface area contributed by atoms with Crippen LogP contribution in [0.15, 0.2) is 45.3 Å². The van der Waals surface area contributed by atoms with Crippen LogP contribution in [-0.2, 0) is 6.54 Å². The van der Waals surface area contributed by atoms with Gasteiger partial charge in [-0.3, -0.25) is 10.1 Å². The molecule has 0 fully saturated rings. The zero-order valence-electron chi connectivity index (χ0n) is 10.1. The van der Waals surface area contributed by atoms with Crippen LogP contribution >= 0.6 is 43.5 Å². The van der Waals surface area contributed by atoms with E-state index in [1.807, 2.05) is 12.1 Å². The average Bonchev–Trinajstić information content (AvgIpc) is 2.41. The Morgan fingerprint density at radius 1 is 1.15 bits per heavy atom. The van der Waals surface area contributed by atoms with Crippen LogP contribution in [0, 0.1) is 10.1 Å². The van der Waals surface area contributed by atoms with Crippen LogP contribution in [0.5, 0.6) is 0 Å². The van der Waals surface area contributed by atoms with E-state index in [2.05, 4.69) is 37.2 Å². The molecular formula is C13H9Br2ClN2O2. The second kappa shape index (κ2) is 6.56. The van der Waals surface area contributed by atoms with Crippen LogP contribution in [0.3, 0.4) is 0 Å². The van der Waals surface area contributed by atoms with Gasteiger partial charge in [0.2, 0.25) is 0 Å². The quantitative estimate of drug-likeness (QED) is 0.533. The van der Waals surface area contributed by atoms with Gasteiger partial charge in [0.05, 0.1) is 9.40 Å². The molecule has 1 N–H and O–H groups in total. The predicted octanol–water partition coefficient (Wildman–Crippen LogP) is 5.39. The number of rotatable bonds is 4. The van der Waals surface area contributed by atoms with Crippen LogP contribution in [0.25, 0.3) is 0 Å². The van der Waals surface area contributed by atoms with Crippen molar-refractivity contribution in [3.63, 3.8) is 0 Å². The molecule has 0 aliphatic rings. The number of nitrogens with zero attached hydrogens (tertiary/aromatic N) is 1. The lowest BCUT2D eigenvalue weighted by molar-refractivity contribution is -0.385. The summed E-state index contributed by atoms with van der Waals surface area (Å²) in [5, 5.41) is 14.7. The third kappa shape index (κ3) is 3.71. The van der Waals surface area contributed by atoms with Crippen molar-refractivity contribution in [2.24, 2.45) is 0 Å². The van der Waals surface area contributed by atoms with E-state index in [1.165, 1.54) is 6.07 Å². The highest BCUT2D eigenvalue weighted by atomic mass is 79.9. The molecule has 0 aliphatic carbocycles. The Morgan fingerprint density at radius 3 is 2.55 bits per heavy atom. The molecule has 0 heterocycles. The number of nitro benzene ring substituents is 1. The lowest BCUT2D eigenvalue weighted by Crippen LogP contribution is -2.01. The molecule has 2 aromatic rings. The first-order chi connectivity index (χ1) is 9.47. The minimum Gasteiger partial charge on any atom is -0.381 e. The van der Waals surface area contributed by atoms with Gasteiger partial charge in [0, 0.05) is 27.8 Å². The van der Waals surface area contributed by atoms with Crippen LogP contribution in [0.4, 0.5) is 11.4 Å². The van der Waals surface area contributed by atoms with Gasteiger partial charge in [0.1, 0.15) is 0 Å². The topological polar surface area (TPSA) is 55.2 Å². The van der Waals surface area contributed by atoms with Crippen LogP contribution in [0.1, 0.15) is 5.56 Å². The Labute approximate surface area is 137 Å². The maximum absolute atomic E-state index is 10.9. The number of anilines is 1. The zero-order valence-corrected chi connectivity index (χ0v) is 14.0. The number of halogens is 3. The van der Waals surface area contributed by atoms with E-state index >= 15 is 0 Å². The average molecular weight is 420 g/mol. The lowest BCUT2D eigenvalue weighted by atomic mass is 10.2. The highest BCUT2D eigenvalue weighted by Gasteiger charge is 2.12. The van der Waals surface area contributed by atoms with E-state index in [0.717, 1.165) is 10.0 Å². The van der Waals surface area contributed by atoms with E-state index in [4.69, 9.17) is 11.6 Å². The van der Waals surface area contributed by atoms with Crippen molar-refractivity contribution in [3.05, 3.63) is 66.0 Å². The zero-order chi connectivity index (χ0) is 14.7. The SMILES string of the molecule is O=[N+]([O-])c1cc(NCc2cc(Cl)ccc2Br)ccc1Br. The molecule has 2 aromatic carbocycles. The lowest BCUT2D eigenvalue weighted by Gasteiger charge is -2.09. The molecule has 0 saturated heterocycles. The predicted molar refractivity (Wildman–Crippen MR) is 87.3 cm³/mol. The molecule has 0 bridgehead atoms. The molecule has 0 unspecified atom stereocenters. The fourth-order valence-corrected chi connectivity index (χ4v) is 2.61. The molecular weight excluding hydrogens is 411 g/mol. The molecule has 4 nitrogen and oxygen atoms in total. The third-order valence-corrected chi connectivity index (χ3v) is 4.31. The van der Waals surface area contributed by atoms with E-state index in [-0.39, 0.29) is 5.69 Å². The summed E-state index contributed by atoms with van der Waals surface area (Å²) in [4.78, 5) is 10.4. The van der Waals surface area contributed by atoms with Gasteiger partial charge in [0.15, 0.2) is 0 Å². The maximum Gasteiger partial charge on any atom is 0.285 e. The monoisotopic (exact) mass is 418 g/mol. The third-order valence-electron chi connectivity index (χ3n) is 2.63. The van der Waals surface area contributed by atoms with Gasteiger partial charge in [-0.05, 0) is 51.8 Å². The Morgan fingerprint density at radius 2 is 1.85 bits per heavy atom. The number of nitrogens with one attached hydrogen (secondary N) is 1. The summed E-state index contributed by atoms with van der Waals surface area (Å²) < 4.78 is 1.39. The van der Waals surface area contributed by atoms with Crippen molar-refractivity contribution >= 4 is 54.8 Å². The fourth-order valence-electron chi connectivity index (χ4n) is 1.64. The molecule has 104 valence electrons. The molecule has 0 aliphatic heterocycles. The Bertz CT molecular complexity index is 665. The summed E-state index contributed by atoms with van der Waals surface area (Å²) in [6, 6.07) is 10.4. The van der Waals surface area contributed by atoms with Gasteiger partial charge in [-0.15, -0.1) is 0 Å². The molecule has 0 amide bonds. The smallest absolute Gasteiger partial charge is 0.285 e. The minimum atomic E-state index is -0.426. The first-order valence-corrected chi connectivity index (χ1v) is 7.55. The van der Waals surface area contributed by atoms with Crippen molar-refractivity contribution in [3.8, 4) is 0 Å². The van der Waals surface area contributed by atoms with Gasteiger partial charge in [0.25, 0.3) is 5.69 Å². The second-order valence-corrected chi connectivity index (χ2v) is 6.16. The second-order valence-electron chi connectivity index (χ2n) is 4.01. The Kier molecular flexibility index (Phi) is 5.01. The minimum absolute atomic E-state index is 0.0279. The summed E-state index contributed by atoms with van der Waals surface area (Å²) in [6.07, 6.45) is 0.